The first-order chi connectivity index (χ1) is 11.4. The minimum atomic E-state index is -0.671. The zero-order valence-electron chi connectivity index (χ0n) is 14.9. The molecule has 0 spiro atoms. The fraction of sp³-hybridized carbons (Fsp3) is 0.381. The summed E-state index contributed by atoms with van der Waals surface area (Å²) in [6, 6.07) is 20.4. The van der Waals surface area contributed by atoms with Crippen molar-refractivity contribution >= 4 is 21.7 Å². The molecule has 24 heavy (non-hydrogen) atoms. The fourth-order valence-corrected chi connectivity index (χ4v) is 4.02. The van der Waals surface area contributed by atoms with Gasteiger partial charge in [-0.25, -0.2) is 0 Å². The minimum absolute atomic E-state index is 0.129. The van der Waals surface area contributed by atoms with E-state index < -0.39 is 5.41 Å². The molecular weight excluding hydrogens is 362 g/mol. The van der Waals surface area contributed by atoms with Crippen LogP contribution in [0.3, 0.4) is 0 Å². The highest BCUT2D eigenvalue weighted by Gasteiger charge is 2.47. The van der Waals surface area contributed by atoms with Crippen LogP contribution in [0.4, 0.5) is 0 Å². The van der Waals surface area contributed by atoms with Crippen molar-refractivity contribution in [1.82, 2.24) is 4.90 Å². The molecule has 0 N–H and O–H groups in total. The van der Waals surface area contributed by atoms with Gasteiger partial charge in [0, 0.05) is 6.54 Å². The topological polar surface area (TPSA) is 20.3 Å². The molecule has 2 aromatic rings. The molecule has 0 aliphatic rings. The maximum atomic E-state index is 13.5. The van der Waals surface area contributed by atoms with Crippen LogP contribution in [0.25, 0.3) is 0 Å². The van der Waals surface area contributed by atoms with Gasteiger partial charge >= 0.3 is 0 Å². The zero-order chi connectivity index (χ0) is 17.7. The predicted molar refractivity (Wildman–Crippen MR) is 105 cm³/mol. The van der Waals surface area contributed by atoms with Gasteiger partial charge in [0.1, 0.15) is 0 Å². The first kappa shape index (κ1) is 18.9. The zero-order valence-corrected chi connectivity index (χ0v) is 16.5. The first-order valence-electron chi connectivity index (χ1n) is 8.34. The van der Waals surface area contributed by atoms with E-state index >= 15 is 0 Å². The first-order valence-corrected chi connectivity index (χ1v) is 9.26. The van der Waals surface area contributed by atoms with Crippen molar-refractivity contribution in [1.29, 1.82) is 0 Å². The summed E-state index contributed by atoms with van der Waals surface area (Å²) < 4.78 is 0. The van der Waals surface area contributed by atoms with E-state index in [2.05, 4.69) is 66.1 Å². The van der Waals surface area contributed by atoms with Crippen molar-refractivity contribution in [2.24, 2.45) is 5.92 Å². The van der Waals surface area contributed by atoms with Crippen LogP contribution in [0, 0.1) is 5.92 Å². The van der Waals surface area contributed by atoms with Gasteiger partial charge in [0.15, 0.2) is 5.78 Å². The highest BCUT2D eigenvalue weighted by Crippen LogP contribution is 2.42. The Labute approximate surface area is 154 Å². The van der Waals surface area contributed by atoms with Gasteiger partial charge in [-0.1, -0.05) is 83.5 Å². The lowest BCUT2D eigenvalue weighted by atomic mass is 9.63. The molecule has 2 rings (SSSR count). The largest absolute Gasteiger partial charge is 0.309 e. The molecule has 128 valence electrons. The summed E-state index contributed by atoms with van der Waals surface area (Å²) in [7, 11) is 4.11. The van der Waals surface area contributed by atoms with E-state index in [9.17, 15) is 4.79 Å². The van der Waals surface area contributed by atoms with Crippen LogP contribution in [0.15, 0.2) is 60.7 Å². The molecule has 2 aromatic carbocycles. The summed E-state index contributed by atoms with van der Waals surface area (Å²) in [5, 5.41) is 0. The van der Waals surface area contributed by atoms with E-state index in [4.69, 9.17) is 0 Å². The summed E-state index contributed by atoms with van der Waals surface area (Å²) in [5.41, 5.74) is 1.44. The van der Waals surface area contributed by atoms with E-state index in [-0.39, 0.29) is 16.5 Å². The van der Waals surface area contributed by atoms with Crippen LogP contribution in [0.1, 0.15) is 25.0 Å². The van der Waals surface area contributed by atoms with Crippen LogP contribution in [-0.4, -0.2) is 36.2 Å². The van der Waals surface area contributed by atoms with Crippen LogP contribution in [0.5, 0.6) is 0 Å². The Hall–Kier alpha value is -1.45. The number of halogens is 1. The molecule has 2 nitrogen and oxygen atoms in total. The second-order valence-electron chi connectivity index (χ2n) is 6.68. The number of carbonyl (C=O) groups excluding carboxylic acids is 1. The second kappa shape index (κ2) is 8.09. The smallest absolute Gasteiger partial charge is 0.161 e. The third kappa shape index (κ3) is 3.62. The summed E-state index contributed by atoms with van der Waals surface area (Å²) in [4.78, 5) is 15.5. The van der Waals surface area contributed by atoms with E-state index in [0.717, 1.165) is 17.7 Å². The lowest BCUT2D eigenvalue weighted by Crippen LogP contribution is -2.49. The average molecular weight is 388 g/mol. The lowest BCUT2D eigenvalue weighted by molar-refractivity contribution is -0.124. The Balaban J connectivity index is 2.75. The molecule has 0 radical (unpaired) electrons. The van der Waals surface area contributed by atoms with Gasteiger partial charge in [-0.05, 0) is 38.1 Å². The normalized spacial score (nSPS) is 14.4. The average Bonchev–Trinajstić information content (AvgIpc) is 2.56. The Kier molecular flexibility index (Phi) is 6.36. The van der Waals surface area contributed by atoms with Gasteiger partial charge in [0.25, 0.3) is 0 Å². The summed E-state index contributed by atoms with van der Waals surface area (Å²) in [5.74, 6) is 0.332. The molecule has 0 saturated heterocycles. The molecule has 0 bridgehead atoms. The Bertz CT molecular complexity index is 613. The van der Waals surface area contributed by atoms with Crippen LogP contribution in [-0.2, 0) is 10.2 Å². The van der Waals surface area contributed by atoms with Crippen LogP contribution in [0.2, 0.25) is 0 Å². The number of hydrogen-bond acceptors (Lipinski definition) is 2. The molecule has 0 heterocycles. The van der Waals surface area contributed by atoms with Gasteiger partial charge in [-0.3, -0.25) is 4.79 Å². The molecule has 0 unspecified atom stereocenters. The molecule has 0 aliphatic heterocycles. The van der Waals surface area contributed by atoms with E-state index in [1.807, 2.05) is 43.3 Å². The molecular formula is C21H26BrNO. The predicted octanol–water partition coefficient (Wildman–Crippen LogP) is 4.52. The SMILES string of the molecule is C[C@H](CN(C)C)C(C(=O)[C@@H](C)Br)(c1ccccc1)c1ccccc1. The third-order valence-electron chi connectivity index (χ3n) is 4.59. The van der Waals surface area contributed by atoms with E-state index in [1.54, 1.807) is 0 Å². The Morgan fingerprint density at radius 1 is 0.958 bits per heavy atom. The standard InChI is InChI=1S/C21H26BrNO/c1-16(15-23(3)4)21(20(24)17(2)22,18-11-7-5-8-12-18)19-13-9-6-10-14-19/h5-14,16-17H,15H2,1-4H3/t16-,17-/m1/s1. The lowest BCUT2D eigenvalue weighted by Gasteiger charge is -2.41. The molecule has 0 aliphatic carbocycles. The maximum Gasteiger partial charge on any atom is 0.161 e. The number of ketones is 1. The van der Waals surface area contributed by atoms with E-state index in [1.165, 1.54) is 0 Å². The molecule has 0 amide bonds. The summed E-state index contributed by atoms with van der Waals surface area (Å²) in [6.07, 6.45) is 0. The quantitative estimate of drug-likeness (QED) is 0.650. The minimum Gasteiger partial charge on any atom is -0.309 e. The third-order valence-corrected chi connectivity index (χ3v) is 5.00. The molecule has 0 fully saturated rings. The highest BCUT2D eigenvalue weighted by molar-refractivity contribution is 9.10. The van der Waals surface area contributed by atoms with E-state index in [0.29, 0.717) is 0 Å². The van der Waals surface area contributed by atoms with Crippen molar-refractivity contribution in [2.45, 2.75) is 24.1 Å². The van der Waals surface area contributed by atoms with Crippen molar-refractivity contribution in [3.05, 3.63) is 71.8 Å². The summed E-state index contributed by atoms with van der Waals surface area (Å²) >= 11 is 3.54. The van der Waals surface area contributed by atoms with Crippen molar-refractivity contribution < 1.29 is 4.79 Å². The number of nitrogens with zero attached hydrogens (tertiary/aromatic N) is 1. The second-order valence-corrected chi connectivity index (χ2v) is 8.06. The fourth-order valence-electron chi connectivity index (χ4n) is 3.66. The van der Waals surface area contributed by atoms with Crippen LogP contribution >= 0.6 is 15.9 Å². The Morgan fingerprint density at radius 2 is 1.38 bits per heavy atom. The van der Waals surface area contributed by atoms with Crippen LogP contribution < -0.4 is 0 Å². The molecule has 3 heteroatoms. The molecule has 2 atom stereocenters. The van der Waals surface area contributed by atoms with Crippen molar-refractivity contribution in [3.8, 4) is 0 Å². The van der Waals surface area contributed by atoms with Gasteiger partial charge < -0.3 is 4.90 Å². The molecule has 0 saturated carbocycles. The Morgan fingerprint density at radius 3 is 1.71 bits per heavy atom. The molecule has 0 aromatic heterocycles. The summed E-state index contributed by atoms with van der Waals surface area (Å²) in [6.45, 7) is 4.92. The van der Waals surface area contributed by atoms with Crippen molar-refractivity contribution in [3.63, 3.8) is 0 Å². The number of Topliss-reactive ketones (excluding diaryl/α,β-unsaturated/α-hetero) is 1. The number of alkyl halides is 1. The van der Waals surface area contributed by atoms with Gasteiger partial charge in [-0.15, -0.1) is 0 Å². The van der Waals surface area contributed by atoms with Gasteiger partial charge in [0.2, 0.25) is 0 Å². The number of carbonyl (C=O) groups is 1. The number of rotatable bonds is 7. The van der Waals surface area contributed by atoms with Gasteiger partial charge in [-0.2, -0.15) is 0 Å². The monoisotopic (exact) mass is 387 g/mol. The van der Waals surface area contributed by atoms with Crippen molar-refractivity contribution in [2.75, 3.05) is 20.6 Å². The number of hydrogen-bond donors (Lipinski definition) is 0. The highest BCUT2D eigenvalue weighted by atomic mass is 79.9. The van der Waals surface area contributed by atoms with Gasteiger partial charge in [0.05, 0.1) is 10.2 Å². The maximum absolute atomic E-state index is 13.5. The number of benzene rings is 2.